The minimum atomic E-state index is -2.02. The first-order chi connectivity index (χ1) is 11.9. The molecule has 2 bridgehead atoms. The summed E-state index contributed by atoms with van der Waals surface area (Å²) in [5, 5.41) is 9.11. The average molecular weight is 484 g/mol. The van der Waals surface area contributed by atoms with Crippen LogP contribution in [0.4, 0.5) is 0 Å². The Morgan fingerprint density at radius 1 is 1.08 bits per heavy atom. The van der Waals surface area contributed by atoms with E-state index in [9.17, 15) is 19.5 Å². The Morgan fingerprint density at radius 2 is 1.50 bits per heavy atom. The van der Waals surface area contributed by atoms with Crippen LogP contribution in [0, 0.1) is 11.8 Å². The quantitative estimate of drug-likeness (QED) is 0.472. The van der Waals surface area contributed by atoms with E-state index in [0.29, 0.717) is 17.7 Å². The predicted molar refractivity (Wildman–Crippen MR) is 100 cm³/mol. The Morgan fingerprint density at radius 3 is 1.85 bits per heavy atom. The Hall–Kier alpha value is 0.0900. The van der Waals surface area contributed by atoms with Gasteiger partial charge in [0.05, 0.1) is 21.9 Å². The lowest BCUT2D eigenvalue weighted by atomic mass is 9.84. The number of alkyl halides is 4. The maximum absolute atomic E-state index is 13.0. The lowest BCUT2D eigenvalue weighted by molar-refractivity contribution is -0.155. The number of imide groups is 1. The van der Waals surface area contributed by atoms with E-state index in [1.54, 1.807) is 0 Å². The topological polar surface area (TPSA) is 74.7 Å². The van der Waals surface area contributed by atoms with Gasteiger partial charge in [0.2, 0.25) is 11.8 Å². The molecule has 0 unspecified atom stereocenters. The second kappa shape index (κ2) is 6.30. The molecule has 1 saturated carbocycles. The fourth-order valence-electron chi connectivity index (χ4n) is 4.08. The molecule has 0 spiro atoms. The summed E-state index contributed by atoms with van der Waals surface area (Å²) in [6.07, 6.45) is 1.31. The normalized spacial score (nSPS) is 39.0. The Labute approximate surface area is 179 Å². The molecular weight excluding hydrogens is 471 g/mol. The van der Waals surface area contributed by atoms with Crippen LogP contribution in [0.2, 0.25) is 0 Å². The zero-order valence-electron chi connectivity index (χ0n) is 13.2. The smallest absolute Gasteiger partial charge is 0.326 e. The van der Waals surface area contributed by atoms with Gasteiger partial charge in [0.15, 0.2) is 4.33 Å². The molecule has 26 heavy (non-hydrogen) atoms. The maximum Gasteiger partial charge on any atom is 0.326 e. The third-order valence-corrected chi connectivity index (χ3v) is 9.63. The highest BCUT2D eigenvalue weighted by molar-refractivity contribution is 6.66. The van der Waals surface area contributed by atoms with Crippen LogP contribution in [0.3, 0.4) is 0 Å². The van der Waals surface area contributed by atoms with E-state index in [2.05, 4.69) is 0 Å². The molecule has 2 fully saturated rings. The van der Waals surface area contributed by atoms with Crippen LogP contribution < -0.4 is 0 Å². The van der Waals surface area contributed by atoms with E-state index >= 15 is 0 Å². The van der Waals surface area contributed by atoms with Gasteiger partial charge in [-0.05, 0) is 6.42 Å². The second-order valence-electron chi connectivity index (χ2n) is 6.62. The minimum Gasteiger partial charge on any atom is -0.480 e. The molecule has 1 saturated heterocycles. The van der Waals surface area contributed by atoms with Gasteiger partial charge in [0, 0.05) is 0 Å². The monoisotopic (exact) mass is 481 g/mol. The molecule has 0 aromatic heterocycles. The van der Waals surface area contributed by atoms with Gasteiger partial charge in [-0.1, -0.05) is 66.2 Å². The van der Waals surface area contributed by atoms with Crippen LogP contribution in [0.15, 0.2) is 10.1 Å². The van der Waals surface area contributed by atoms with Gasteiger partial charge in [0.1, 0.15) is 15.8 Å². The Bertz CT molecular complexity index is 708. The van der Waals surface area contributed by atoms with Gasteiger partial charge >= 0.3 is 5.97 Å². The van der Waals surface area contributed by atoms with E-state index in [1.165, 1.54) is 0 Å². The van der Waals surface area contributed by atoms with Gasteiger partial charge in [0.25, 0.3) is 0 Å². The van der Waals surface area contributed by atoms with E-state index in [4.69, 9.17) is 69.6 Å². The summed E-state index contributed by atoms with van der Waals surface area (Å²) in [7, 11) is 0. The first-order valence-corrected chi connectivity index (χ1v) is 10.1. The maximum atomic E-state index is 13.0. The fourth-order valence-corrected chi connectivity index (χ4v) is 7.01. The molecule has 2 amide bonds. The summed E-state index contributed by atoms with van der Waals surface area (Å²) in [6.45, 7) is 1.86. The number of hydrogen-bond acceptors (Lipinski definition) is 3. The van der Waals surface area contributed by atoms with Gasteiger partial charge < -0.3 is 5.11 Å². The number of carbonyl (C=O) groups excluding carboxylic acids is 2. The van der Waals surface area contributed by atoms with E-state index in [-0.39, 0.29) is 16.5 Å². The number of fused-ring (bicyclic) bond motifs is 5. The van der Waals surface area contributed by atoms with Gasteiger partial charge in [-0.25, -0.2) is 4.79 Å². The highest BCUT2D eigenvalue weighted by Crippen LogP contribution is 2.77. The molecular formula is C15H13Cl6NO4. The van der Waals surface area contributed by atoms with Crippen molar-refractivity contribution >= 4 is 87.4 Å². The number of rotatable bonds is 5. The molecule has 3 rings (SSSR count). The number of halogens is 6. The molecule has 0 aromatic rings. The summed E-state index contributed by atoms with van der Waals surface area (Å²) in [6, 6.07) is -1.34. The Kier molecular flexibility index (Phi) is 5.04. The van der Waals surface area contributed by atoms with Crippen molar-refractivity contribution in [1.29, 1.82) is 0 Å². The molecule has 11 heteroatoms. The fraction of sp³-hybridized carbons (Fsp3) is 0.667. The molecule has 144 valence electrons. The number of likely N-dealkylation sites (tertiary alicyclic amines) is 1. The largest absolute Gasteiger partial charge is 0.480 e. The summed E-state index contributed by atoms with van der Waals surface area (Å²) in [4.78, 5) is 34.6. The van der Waals surface area contributed by atoms with Crippen LogP contribution in [0.1, 0.15) is 26.2 Å². The van der Waals surface area contributed by atoms with Crippen LogP contribution >= 0.6 is 69.6 Å². The molecule has 1 heterocycles. The molecule has 3 aliphatic rings. The van der Waals surface area contributed by atoms with E-state index in [1.807, 2.05) is 6.92 Å². The second-order valence-corrected chi connectivity index (χ2v) is 9.90. The van der Waals surface area contributed by atoms with Crippen LogP contribution in [-0.4, -0.2) is 47.9 Å². The number of carbonyl (C=O) groups is 3. The molecule has 0 aromatic carbocycles. The number of carboxylic acids is 1. The van der Waals surface area contributed by atoms with Gasteiger partial charge in [-0.3, -0.25) is 14.5 Å². The van der Waals surface area contributed by atoms with Crippen molar-refractivity contribution in [3.8, 4) is 0 Å². The highest BCUT2D eigenvalue weighted by Gasteiger charge is 2.87. The van der Waals surface area contributed by atoms with Crippen LogP contribution in [0.25, 0.3) is 0 Å². The van der Waals surface area contributed by atoms with Crippen molar-refractivity contribution < 1.29 is 19.5 Å². The third kappa shape index (κ3) is 2.11. The zero-order valence-corrected chi connectivity index (χ0v) is 17.8. The minimum absolute atomic E-state index is 0.106. The molecule has 2 aliphatic carbocycles. The predicted octanol–water partition coefficient (Wildman–Crippen LogP) is 4.08. The standard InChI is InChI=1S/C15H13Cl6NO4/c1-2-3-4-5(12(25)26)22-10(23)6-7(11(22)24)14(19)9(17)8(16)13(6,18)15(14,20)21/h5-7H,2-4H2,1H3,(H,25,26)/t5-,6-,7+,13+,14+/m0/s1. The molecule has 0 radical (unpaired) electrons. The molecule has 1 N–H and O–H groups in total. The lowest BCUT2D eigenvalue weighted by Crippen LogP contribution is -2.53. The van der Waals surface area contributed by atoms with E-state index < -0.39 is 49.7 Å². The number of aliphatic carboxylic acids is 1. The molecule has 5 nitrogen and oxygen atoms in total. The summed E-state index contributed by atoms with van der Waals surface area (Å²) in [5.74, 6) is -5.53. The van der Waals surface area contributed by atoms with Crippen LogP contribution in [0.5, 0.6) is 0 Å². The van der Waals surface area contributed by atoms with Gasteiger partial charge in [-0.15, -0.1) is 23.2 Å². The summed E-state index contributed by atoms with van der Waals surface area (Å²) < 4.78 is -2.02. The van der Waals surface area contributed by atoms with Crippen molar-refractivity contribution in [2.45, 2.75) is 46.3 Å². The summed E-state index contributed by atoms with van der Waals surface area (Å²) >= 11 is 38.2. The van der Waals surface area contributed by atoms with Crippen molar-refractivity contribution in [3.05, 3.63) is 10.1 Å². The molecule has 1 aliphatic heterocycles. The Balaban J connectivity index is 2.12. The number of amides is 2. The number of carboxylic acid groups (broad SMARTS) is 1. The van der Waals surface area contributed by atoms with Crippen molar-refractivity contribution in [2.75, 3.05) is 0 Å². The first kappa shape index (κ1) is 20.8. The molecule has 5 atom stereocenters. The highest BCUT2D eigenvalue weighted by atomic mass is 35.5. The van der Waals surface area contributed by atoms with Crippen molar-refractivity contribution in [2.24, 2.45) is 11.8 Å². The SMILES string of the molecule is CCCC[C@@H](C(=O)O)N1C(=O)[C@@H]2[C@H](C1=O)[C@@]1(Cl)C(Cl)=C(Cl)[C@@]2(Cl)C1(Cl)Cl. The lowest BCUT2D eigenvalue weighted by Gasteiger charge is -2.35. The first-order valence-electron chi connectivity index (χ1n) is 7.82. The van der Waals surface area contributed by atoms with Crippen molar-refractivity contribution in [1.82, 2.24) is 4.90 Å². The van der Waals surface area contributed by atoms with Crippen LogP contribution in [-0.2, 0) is 14.4 Å². The average Bonchev–Trinajstić information content (AvgIpc) is 2.94. The summed E-state index contributed by atoms with van der Waals surface area (Å²) in [5.41, 5.74) is 0. The van der Waals surface area contributed by atoms with E-state index in [0.717, 1.165) is 0 Å². The van der Waals surface area contributed by atoms with Crippen molar-refractivity contribution in [3.63, 3.8) is 0 Å². The third-order valence-electron chi connectivity index (χ3n) is 5.37. The number of unbranched alkanes of at least 4 members (excludes halogenated alkanes) is 1. The number of allylic oxidation sites excluding steroid dienone is 2. The number of hydrogen-bond donors (Lipinski definition) is 1. The number of nitrogens with zero attached hydrogens (tertiary/aromatic N) is 1. The van der Waals surface area contributed by atoms with Gasteiger partial charge in [-0.2, -0.15) is 0 Å². The zero-order chi connectivity index (χ0) is 19.8.